The minimum absolute atomic E-state index is 0.0514. The number of aromatic nitrogens is 2. The molecule has 0 amide bonds. The number of H-pyrrole nitrogens is 2. The van der Waals surface area contributed by atoms with Crippen molar-refractivity contribution in [2.75, 3.05) is 7.11 Å². The first-order valence-corrected chi connectivity index (χ1v) is 10.1. The van der Waals surface area contributed by atoms with Crippen molar-refractivity contribution in [1.82, 2.24) is 9.97 Å². The highest BCUT2D eigenvalue weighted by Gasteiger charge is 2.25. The van der Waals surface area contributed by atoms with Gasteiger partial charge < -0.3 is 19.8 Å². The molecule has 0 radical (unpaired) electrons. The Morgan fingerprint density at radius 1 is 0.862 bits per heavy atom. The molecule has 0 unspecified atom stereocenters. The molecule has 4 aromatic rings. The van der Waals surface area contributed by atoms with E-state index in [0.717, 1.165) is 39.7 Å². The Hall–Kier alpha value is -2.88. The molecule has 2 heterocycles. The van der Waals surface area contributed by atoms with Crippen molar-refractivity contribution in [2.24, 2.45) is 0 Å². The van der Waals surface area contributed by atoms with Crippen LogP contribution in [0.5, 0.6) is 11.5 Å². The van der Waals surface area contributed by atoms with E-state index in [1.165, 1.54) is 11.3 Å². The van der Waals surface area contributed by atoms with Crippen molar-refractivity contribution in [1.29, 1.82) is 0 Å². The standard InChI is InChI=1S/C25H30N2O2/c1-24(2,3)22-13-17-19(27-22)10-15(11-21(17)29-6)14-25(4,5)23-12-16-18(26-23)8-7-9-20(16)28/h7-13,26-28H,14H2,1-6H3. The second kappa shape index (κ2) is 6.58. The van der Waals surface area contributed by atoms with Crippen molar-refractivity contribution >= 4 is 21.8 Å². The zero-order valence-electron chi connectivity index (χ0n) is 18.1. The summed E-state index contributed by atoms with van der Waals surface area (Å²) in [6, 6.07) is 14.2. The Bertz CT molecular complexity index is 1190. The lowest BCUT2D eigenvalue weighted by Crippen LogP contribution is -2.21. The molecule has 4 heteroatoms. The highest BCUT2D eigenvalue weighted by molar-refractivity contribution is 5.88. The summed E-state index contributed by atoms with van der Waals surface area (Å²) in [5.74, 6) is 1.21. The minimum Gasteiger partial charge on any atom is -0.507 e. The number of fused-ring (bicyclic) bond motifs is 2. The molecular weight excluding hydrogens is 360 g/mol. The van der Waals surface area contributed by atoms with Gasteiger partial charge in [-0.25, -0.2) is 0 Å². The zero-order valence-corrected chi connectivity index (χ0v) is 18.1. The van der Waals surface area contributed by atoms with Gasteiger partial charge in [-0.3, -0.25) is 0 Å². The maximum Gasteiger partial charge on any atom is 0.128 e. The Morgan fingerprint density at radius 2 is 1.55 bits per heavy atom. The van der Waals surface area contributed by atoms with E-state index in [1.54, 1.807) is 13.2 Å². The van der Waals surface area contributed by atoms with Gasteiger partial charge in [0.25, 0.3) is 0 Å². The number of hydrogen-bond acceptors (Lipinski definition) is 2. The molecule has 152 valence electrons. The number of methoxy groups -OCH3 is 1. The molecule has 0 saturated carbocycles. The summed E-state index contributed by atoms with van der Waals surface area (Å²) in [5, 5.41) is 12.1. The van der Waals surface area contributed by atoms with Crippen LogP contribution in [0, 0.1) is 0 Å². The van der Waals surface area contributed by atoms with E-state index in [4.69, 9.17) is 4.74 Å². The lowest BCUT2D eigenvalue weighted by Gasteiger charge is -2.24. The fraction of sp³-hybridized carbons (Fsp3) is 0.360. The summed E-state index contributed by atoms with van der Waals surface area (Å²) in [7, 11) is 1.73. The molecule has 0 aliphatic carbocycles. The van der Waals surface area contributed by atoms with Crippen LogP contribution in [0.3, 0.4) is 0 Å². The summed E-state index contributed by atoms with van der Waals surface area (Å²) in [6.07, 6.45) is 0.844. The Morgan fingerprint density at radius 3 is 2.21 bits per heavy atom. The first-order chi connectivity index (χ1) is 13.6. The SMILES string of the molecule is COc1cc(CC(C)(C)c2cc3c(O)cccc3[nH]2)cc2[nH]c(C(C)(C)C)cc12. The average Bonchev–Trinajstić information content (AvgIpc) is 3.25. The first kappa shape index (κ1) is 19.4. The number of aromatic amines is 2. The maximum atomic E-state index is 10.2. The zero-order chi connectivity index (χ0) is 21.0. The van der Waals surface area contributed by atoms with E-state index in [2.05, 4.69) is 68.9 Å². The van der Waals surface area contributed by atoms with Gasteiger partial charge in [-0.15, -0.1) is 0 Å². The molecule has 0 bridgehead atoms. The number of phenols is 1. The van der Waals surface area contributed by atoms with Gasteiger partial charge in [0.15, 0.2) is 0 Å². The summed E-state index contributed by atoms with van der Waals surface area (Å²) in [4.78, 5) is 7.07. The number of nitrogens with one attached hydrogen (secondary N) is 2. The molecule has 2 aromatic heterocycles. The first-order valence-electron chi connectivity index (χ1n) is 10.1. The maximum absolute atomic E-state index is 10.2. The number of rotatable bonds is 4. The number of ether oxygens (including phenoxy) is 1. The molecule has 4 nitrogen and oxygen atoms in total. The summed E-state index contributed by atoms with van der Waals surface area (Å²) in [5.41, 5.74) is 5.50. The molecule has 0 aliphatic heterocycles. The normalized spacial score (nSPS) is 12.8. The number of hydrogen-bond donors (Lipinski definition) is 3. The molecule has 3 N–H and O–H groups in total. The van der Waals surface area contributed by atoms with E-state index < -0.39 is 0 Å². The van der Waals surface area contributed by atoms with Crippen molar-refractivity contribution in [3.8, 4) is 11.5 Å². The van der Waals surface area contributed by atoms with Crippen molar-refractivity contribution < 1.29 is 9.84 Å². The van der Waals surface area contributed by atoms with Crippen molar-refractivity contribution in [3.05, 3.63) is 59.4 Å². The van der Waals surface area contributed by atoms with E-state index in [1.807, 2.05) is 12.1 Å². The smallest absolute Gasteiger partial charge is 0.128 e. The third kappa shape index (κ3) is 3.48. The Labute approximate surface area is 171 Å². The predicted octanol–water partition coefficient (Wildman–Crippen LogP) is 6.18. The van der Waals surface area contributed by atoms with Gasteiger partial charge in [0.2, 0.25) is 0 Å². The average molecular weight is 391 g/mol. The summed E-state index contributed by atoms with van der Waals surface area (Å²) in [6.45, 7) is 11.1. The van der Waals surface area contributed by atoms with Crippen LogP contribution in [0.15, 0.2) is 42.5 Å². The summed E-state index contributed by atoms with van der Waals surface area (Å²) < 4.78 is 5.72. The summed E-state index contributed by atoms with van der Waals surface area (Å²) >= 11 is 0. The van der Waals surface area contributed by atoms with Crippen LogP contribution in [0.2, 0.25) is 0 Å². The van der Waals surface area contributed by atoms with Gasteiger partial charge in [0.1, 0.15) is 11.5 Å². The number of phenolic OH excluding ortho intramolecular Hbond substituents is 1. The minimum atomic E-state index is -0.135. The quantitative estimate of drug-likeness (QED) is 0.389. The van der Waals surface area contributed by atoms with Gasteiger partial charge in [-0.1, -0.05) is 40.7 Å². The predicted molar refractivity (Wildman–Crippen MR) is 120 cm³/mol. The van der Waals surface area contributed by atoms with Crippen LogP contribution in [0.4, 0.5) is 0 Å². The van der Waals surface area contributed by atoms with Crippen LogP contribution in [0.25, 0.3) is 21.8 Å². The third-order valence-corrected chi connectivity index (χ3v) is 5.80. The number of benzene rings is 2. The van der Waals surface area contributed by atoms with Gasteiger partial charge >= 0.3 is 0 Å². The van der Waals surface area contributed by atoms with E-state index >= 15 is 0 Å². The molecule has 0 saturated heterocycles. The van der Waals surface area contributed by atoms with E-state index in [-0.39, 0.29) is 10.8 Å². The molecule has 0 fully saturated rings. The van der Waals surface area contributed by atoms with Crippen LogP contribution in [-0.2, 0) is 17.3 Å². The molecule has 4 rings (SSSR count). The van der Waals surface area contributed by atoms with E-state index in [0.29, 0.717) is 5.75 Å². The second-order valence-corrected chi connectivity index (χ2v) is 9.67. The number of aromatic hydroxyl groups is 1. The molecule has 29 heavy (non-hydrogen) atoms. The Kier molecular flexibility index (Phi) is 4.41. The van der Waals surface area contributed by atoms with Crippen molar-refractivity contribution in [3.63, 3.8) is 0 Å². The molecular formula is C25H30N2O2. The van der Waals surface area contributed by atoms with Gasteiger partial charge in [-0.2, -0.15) is 0 Å². The lowest BCUT2D eigenvalue weighted by molar-refractivity contribution is 0.418. The molecule has 0 aliphatic rings. The van der Waals surface area contributed by atoms with Gasteiger partial charge in [-0.05, 0) is 48.4 Å². The highest BCUT2D eigenvalue weighted by atomic mass is 16.5. The van der Waals surface area contributed by atoms with Gasteiger partial charge in [0.05, 0.1) is 7.11 Å². The molecule has 0 atom stereocenters. The molecule has 0 spiro atoms. The third-order valence-electron chi connectivity index (χ3n) is 5.80. The van der Waals surface area contributed by atoms with Crippen molar-refractivity contribution in [2.45, 2.75) is 51.9 Å². The molecule has 2 aromatic carbocycles. The Balaban J connectivity index is 1.74. The fourth-order valence-electron chi connectivity index (χ4n) is 4.05. The fourth-order valence-corrected chi connectivity index (χ4v) is 4.05. The highest BCUT2D eigenvalue weighted by Crippen LogP contribution is 2.36. The monoisotopic (exact) mass is 390 g/mol. The van der Waals surface area contributed by atoms with E-state index in [9.17, 15) is 5.11 Å². The largest absolute Gasteiger partial charge is 0.507 e. The van der Waals surface area contributed by atoms with Crippen LogP contribution in [0.1, 0.15) is 51.6 Å². The lowest BCUT2D eigenvalue weighted by atomic mass is 9.82. The second-order valence-electron chi connectivity index (χ2n) is 9.67. The topological polar surface area (TPSA) is 61.0 Å². The van der Waals surface area contributed by atoms with Crippen LogP contribution >= 0.6 is 0 Å². The van der Waals surface area contributed by atoms with Crippen LogP contribution < -0.4 is 4.74 Å². The van der Waals surface area contributed by atoms with Crippen LogP contribution in [-0.4, -0.2) is 22.2 Å². The van der Waals surface area contributed by atoms with Gasteiger partial charge in [0, 0.05) is 44.0 Å².